The van der Waals surface area contributed by atoms with E-state index < -0.39 is 0 Å². The van der Waals surface area contributed by atoms with Crippen LogP contribution in [0.25, 0.3) is 0 Å². The summed E-state index contributed by atoms with van der Waals surface area (Å²) in [5, 5.41) is 3.19. The maximum absolute atomic E-state index is 13.4. The summed E-state index contributed by atoms with van der Waals surface area (Å²) in [6.45, 7) is 1.12. The summed E-state index contributed by atoms with van der Waals surface area (Å²) < 4.78 is 13.4. The maximum Gasteiger partial charge on any atom is 0.257 e. The third-order valence-corrected chi connectivity index (χ3v) is 4.71. The van der Waals surface area contributed by atoms with Crippen molar-refractivity contribution in [1.29, 1.82) is 0 Å². The summed E-state index contributed by atoms with van der Waals surface area (Å²) in [6.07, 6.45) is 2.93. The number of pyridine rings is 1. The fraction of sp³-hybridized carbons (Fsp3) is 0.381. The summed E-state index contributed by atoms with van der Waals surface area (Å²) in [7, 11) is 3.36. The molecule has 1 fully saturated rings. The van der Waals surface area contributed by atoms with Gasteiger partial charge in [0.15, 0.2) is 0 Å². The molecule has 1 saturated heterocycles. The van der Waals surface area contributed by atoms with Gasteiger partial charge in [0.1, 0.15) is 17.5 Å². The van der Waals surface area contributed by atoms with Gasteiger partial charge in [-0.3, -0.25) is 14.5 Å². The van der Waals surface area contributed by atoms with Crippen LogP contribution in [0.1, 0.15) is 35.2 Å². The van der Waals surface area contributed by atoms with E-state index in [0.29, 0.717) is 43.1 Å². The molecule has 0 unspecified atom stereocenters. The lowest BCUT2D eigenvalue weighted by atomic mass is 10.1. The number of anilines is 2. The van der Waals surface area contributed by atoms with E-state index in [2.05, 4.69) is 10.3 Å². The molecule has 148 valence electrons. The van der Waals surface area contributed by atoms with E-state index in [1.807, 2.05) is 6.07 Å². The summed E-state index contributed by atoms with van der Waals surface area (Å²) in [4.78, 5) is 32.5. The minimum atomic E-state index is -0.273. The number of aromatic nitrogens is 1. The van der Waals surface area contributed by atoms with Gasteiger partial charge < -0.3 is 10.2 Å². The Kier molecular flexibility index (Phi) is 6.23. The van der Waals surface area contributed by atoms with E-state index in [4.69, 9.17) is 0 Å². The number of amides is 2. The number of piperidine rings is 1. The third kappa shape index (κ3) is 4.65. The van der Waals surface area contributed by atoms with Crippen molar-refractivity contribution in [2.45, 2.75) is 25.7 Å². The Morgan fingerprint density at radius 3 is 2.79 bits per heavy atom. The Labute approximate surface area is 164 Å². The van der Waals surface area contributed by atoms with Crippen LogP contribution in [0, 0.1) is 5.82 Å². The first-order chi connectivity index (χ1) is 13.5. The van der Waals surface area contributed by atoms with Crippen LogP contribution in [0.2, 0.25) is 0 Å². The molecule has 0 bridgehead atoms. The highest BCUT2D eigenvalue weighted by Gasteiger charge is 2.23. The third-order valence-electron chi connectivity index (χ3n) is 4.71. The van der Waals surface area contributed by atoms with E-state index in [-0.39, 0.29) is 17.6 Å². The number of hydrogen-bond donors (Lipinski definition) is 1. The van der Waals surface area contributed by atoms with Crippen molar-refractivity contribution in [3.8, 4) is 0 Å². The highest BCUT2D eigenvalue weighted by Crippen LogP contribution is 2.24. The molecular weight excluding hydrogens is 359 g/mol. The van der Waals surface area contributed by atoms with Crippen molar-refractivity contribution < 1.29 is 14.0 Å². The Morgan fingerprint density at radius 1 is 1.25 bits per heavy atom. The van der Waals surface area contributed by atoms with Crippen molar-refractivity contribution in [2.24, 2.45) is 0 Å². The smallest absolute Gasteiger partial charge is 0.257 e. The van der Waals surface area contributed by atoms with Gasteiger partial charge in [-0.25, -0.2) is 9.37 Å². The average Bonchev–Trinajstić information content (AvgIpc) is 2.68. The molecule has 0 aliphatic carbocycles. The zero-order chi connectivity index (χ0) is 20.1. The molecule has 1 N–H and O–H groups in total. The largest absolute Gasteiger partial charge is 0.369 e. The molecule has 2 amide bonds. The van der Waals surface area contributed by atoms with Crippen LogP contribution < -0.4 is 10.2 Å². The minimum absolute atomic E-state index is 0.0520. The monoisotopic (exact) mass is 384 g/mol. The molecule has 2 heterocycles. The molecule has 1 aromatic carbocycles. The minimum Gasteiger partial charge on any atom is -0.369 e. The van der Waals surface area contributed by atoms with E-state index in [1.165, 1.54) is 17.0 Å². The van der Waals surface area contributed by atoms with Gasteiger partial charge >= 0.3 is 0 Å². The SMILES string of the molecule is CN(C)C(=O)c1ccc(N2CCCCC2=O)nc1NCCc1cccc(F)c1. The lowest BCUT2D eigenvalue weighted by molar-refractivity contribution is -0.119. The van der Waals surface area contributed by atoms with Gasteiger partial charge in [0.05, 0.1) is 5.56 Å². The Hall–Kier alpha value is -2.96. The molecule has 0 spiro atoms. The number of rotatable bonds is 6. The van der Waals surface area contributed by atoms with Crippen LogP contribution in [-0.4, -0.2) is 48.9 Å². The second-order valence-corrected chi connectivity index (χ2v) is 7.07. The van der Waals surface area contributed by atoms with Crippen molar-refractivity contribution >= 4 is 23.5 Å². The van der Waals surface area contributed by atoms with E-state index in [1.54, 1.807) is 37.2 Å². The van der Waals surface area contributed by atoms with Crippen molar-refractivity contribution in [3.63, 3.8) is 0 Å². The van der Waals surface area contributed by atoms with Gasteiger partial charge in [-0.2, -0.15) is 0 Å². The zero-order valence-electron chi connectivity index (χ0n) is 16.2. The molecule has 7 heteroatoms. The second kappa shape index (κ2) is 8.82. The highest BCUT2D eigenvalue weighted by molar-refractivity contribution is 5.99. The maximum atomic E-state index is 13.4. The number of carbonyl (C=O) groups is 2. The van der Waals surface area contributed by atoms with Gasteiger partial charge in [0, 0.05) is 33.6 Å². The topological polar surface area (TPSA) is 65.5 Å². The molecule has 1 aromatic heterocycles. The predicted molar refractivity (Wildman–Crippen MR) is 107 cm³/mol. The second-order valence-electron chi connectivity index (χ2n) is 7.07. The molecule has 1 aliphatic heterocycles. The van der Waals surface area contributed by atoms with Gasteiger partial charge in [-0.1, -0.05) is 12.1 Å². The number of benzene rings is 1. The number of nitrogens with one attached hydrogen (secondary N) is 1. The highest BCUT2D eigenvalue weighted by atomic mass is 19.1. The molecule has 0 atom stereocenters. The van der Waals surface area contributed by atoms with Crippen LogP contribution in [0.5, 0.6) is 0 Å². The number of nitrogens with zero attached hydrogens (tertiary/aromatic N) is 3. The number of hydrogen-bond acceptors (Lipinski definition) is 4. The van der Waals surface area contributed by atoms with Gasteiger partial charge in [0.2, 0.25) is 5.91 Å². The first kappa shape index (κ1) is 19.8. The predicted octanol–water partition coefficient (Wildman–Crippen LogP) is 3.09. The average molecular weight is 384 g/mol. The van der Waals surface area contributed by atoms with Crippen molar-refractivity contribution in [1.82, 2.24) is 9.88 Å². The molecular formula is C21H25FN4O2. The Bertz CT molecular complexity index is 869. The summed E-state index contributed by atoms with van der Waals surface area (Å²) >= 11 is 0. The standard InChI is InChI=1S/C21H25FN4O2/c1-25(2)21(28)17-9-10-18(26-13-4-3-8-19(26)27)24-20(17)23-12-11-15-6-5-7-16(22)14-15/h5-7,9-10,14H,3-4,8,11-13H2,1-2H3,(H,23,24). The van der Waals surface area contributed by atoms with E-state index in [0.717, 1.165) is 18.4 Å². The van der Waals surface area contributed by atoms with Crippen molar-refractivity contribution in [3.05, 3.63) is 53.3 Å². The summed E-state index contributed by atoms with van der Waals surface area (Å²) in [5.74, 6) is 0.595. The summed E-state index contributed by atoms with van der Waals surface area (Å²) in [6, 6.07) is 9.85. The molecule has 2 aromatic rings. The van der Waals surface area contributed by atoms with E-state index >= 15 is 0 Å². The normalized spacial score (nSPS) is 14.1. The molecule has 6 nitrogen and oxygen atoms in total. The molecule has 0 radical (unpaired) electrons. The number of carbonyl (C=O) groups excluding carboxylic acids is 2. The lowest BCUT2D eigenvalue weighted by Crippen LogP contribution is -2.36. The van der Waals surface area contributed by atoms with Gasteiger partial charge in [-0.15, -0.1) is 0 Å². The van der Waals surface area contributed by atoms with E-state index in [9.17, 15) is 14.0 Å². The molecule has 3 rings (SSSR count). The quantitative estimate of drug-likeness (QED) is 0.831. The fourth-order valence-corrected chi connectivity index (χ4v) is 3.21. The number of halogens is 1. The van der Waals surface area contributed by atoms with Crippen LogP contribution >= 0.6 is 0 Å². The zero-order valence-corrected chi connectivity index (χ0v) is 16.2. The van der Waals surface area contributed by atoms with Crippen LogP contribution in [-0.2, 0) is 11.2 Å². The van der Waals surface area contributed by atoms with Gasteiger partial charge in [0.25, 0.3) is 5.91 Å². The Morgan fingerprint density at radius 2 is 2.07 bits per heavy atom. The molecule has 0 saturated carbocycles. The molecule has 28 heavy (non-hydrogen) atoms. The molecule has 1 aliphatic rings. The summed E-state index contributed by atoms with van der Waals surface area (Å²) in [5.41, 5.74) is 1.30. The van der Waals surface area contributed by atoms with Gasteiger partial charge in [-0.05, 0) is 49.1 Å². The van der Waals surface area contributed by atoms with Crippen LogP contribution in [0.15, 0.2) is 36.4 Å². The lowest BCUT2D eigenvalue weighted by Gasteiger charge is -2.26. The van der Waals surface area contributed by atoms with Crippen LogP contribution in [0.4, 0.5) is 16.0 Å². The van der Waals surface area contributed by atoms with Crippen LogP contribution in [0.3, 0.4) is 0 Å². The fourth-order valence-electron chi connectivity index (χ4n) is 3.21. The first-order valence-corrected chi connectivity index (χ1v) is 9.47. The Balaban J connectivity index is 1.81. The first-order valence-electron chi connectivity index (χ1n) is 9.47. The van der Waals surface area contributed by atoms with Crippen molar-refractivity contribution in [2.75, 3.05) is 37.4 Å².